The molecule has 0 fully saturated rings. The molecule has 196 valence electrons. The number of aromatic nitrogens is 1. The van der Waals surface area contributed by atoms with Gasteiger partial charge < -0.3 is 10.4 Å². The molecule has 3 aromatic carbocycles. The van der Waals surface area contributed by atoms with Crippen LogP contribution >= 0.6 is 0 Å². The van der Waals surface area contributed by atoms with Gasteiger partial charge >= 0.3 is 6.03 Å². The van der Waals surface area contributed by atoms with Crippen molar-refractivity contribution in [3.63, 3.8) is 0 Å². The van der Waals surface area contributed by atoms with Gasteiger partial charge in [0.2, 0.25) is 0 Å². The van der Waals surface area contributed by atoms with Gasteiger partial charge in [-0.1, -0.05) is 42.5 Å². The molecule has 1 atom stereocenters. The molecule has 0 radical (unpaired) electrons. The molecule has 1 unspecified atom stereocenters. The Hall–Kier alpha value is -4.15. The summed E-state index contributed by atoms with van der Waals surface area (Å²) in [5.41, 5.74) is 2.95. The van der Waals surface area contributed by atoms with Gasteiger partial charge in [-0.3, -0.25) is 4.98 Å². The predicted octanol–water partition coefficient (Wildman–Crippen LogP) is 4.80. The molecule has 7 nitrogen and oxygen atoms in total. The van der Waals surface area contributed by atoms with E-state index in [2.05, 4.69) is 10.3 Å². The van der Waals surface area contributed by atoms with Gasteiger partial charge in [0.25, 0.3) is 10.0 Å². The fraction of sp³-hybridized carbons (Fsp3) is 0.143. The van der Waals surface area contributed by atoms with E-state index in [0.717, 1.165) is 18.2 Å². The zero-order chi connectivity index (χ0) is 27.3. The minimum absolute atomic E-state index is 0.0572. The molecule has 38 heavy (non-hydrogen) atoms. The van der Waals surface area contributed by atoms with E-state index in [1.165, 1.54) is 12.3 Å². The van der Waals surface area contributed by atoms with Gasteiger partial charge in [0.1, 0.15) is 11.6 Å². The van der Waals surface area contributed by atoms with Crippen LogP contribution in [0, 0.1) is 18.6 Å². The standard InChI is InChI=1S/C28H25F2N3O4S/c1-18-6-2-3-10-26(18)38(36,37)33-28(35)32-25(15-20-13-22(29)16-23(30)14-20)27-24(9-5-11-31-27)21-8-4-7-19(12-21)17-34/h2-14,16,25,34H,15,17H2,1H3,(H2,32,33,35). The second-order valence-corrected chi connectivity index (χ2v) is 10.3. The molecule has 1 aromatic heterocycles. The summed E-state index contributed by atoms with van der Waals surface area (Å²) < 4.78 is 55.7. The Kier molecular flexibility index (Phi) is 8.13. The van der Waals surface area contributed by atoms with Crippen molar-refractivity contribution in [2.24, 2.45) is 0 Å². The molecule has 0 saturated heterocycles. The second-order valence-electron chi connectivity index (χ2n) is 8.67. The summed E-state index contributed by atoms with van der Waals surface area (Å²) in [6, 6.07) is 17.7. The number of aryl methyl sites for hydroxylation is 1. The van der Waals surface area contributed by atoms with Crippen molar-refractivity contribution in [2.45, 2.75) is 30.9 Å². The van der Waals surface area contributed by atoms with Gasteiger partial charge in [0.15, 0.2) is 0 Å². The summed E-state index contributed by atoms with van der Waals surface area (Å²) in [4.78, 5) is 17.4. The molecule has 10 heteroatoms. The van der Waals surface area contributed by atoms with Crippen LogP contribution in [0.25, 0.3) is 11.1 Å². The van der Waals surface area contributed by atoms with Crippen molar-refractivity contribution < 1.29 is 27.1 Å². The zero-order valence-electron chi connectivity index (χ0n) is 20.4. The van der Waals surface area contributed by atoms with E-state index in [9.17, 15) is 27.1 Å². The van der Waals surface area contributed by atoms with E-state index in [4.69, 9.17) is 0 Å². The number of aliphatic hydroxyl groups is 1. The van der Waals surface area contributed by atoms with Crippen molar-refractivity contribution >= 4 is 16.1 Å². The SMILES string of the molecule is Cc1ccccc1S(=O)(=O)NC(=O)NC(Cc1cc(F)cc(F)c1)c1ncccc1-c1cccc(CO)c1. The Morgan fingerprint density at radius 3 is 2.39 bits per heavy atom. The van der Waals surface area contributed by atoms with Crippen molar-refractivity contribution in [2.75, 3.05) is 0 Å². The fourth-order valence-corrected chi connectivity index (χ4v) is 5.34. The van der Waals surface area contributed by atoms with Gasteiger partial charge in [-0.05, 0) is 65.9 Å². The molecular formula is C28H25F2N3O4S. The smallest absolute Gasteiger partial charge is 0.329 e. The third kappa shape index (κ3) is 6.39. The number of hydrogen-bond acceptors (Lipinski definition) is 5. The number of nitrogens with one attached hydrogen (secondary N) is 2. The quantitative estimate of drug-likeness (QED) is 0.299. The average Bonchev–Trinajstić information content (AvgIpc) is 2.87. The summed E-state index contributed by atoms with van der Waals surface area (Å²) in [6.45, 7) is 1.42. The van der Waals surface area contributed by atoms with Crippen molar-refractivity contribution in [1.82, 2.24) is 15.0 Å². The minimum atomic E-state index is -4.21. The van der Waals surface area contributed by atoms with Gasteiger partial charge in [0.05, 0.1) is 23.2 Å². The number of rotatable bonds is 8. The van der Waals surface area contributed by atoms with E-state index in [-0.39, 0.29) is 23.5 Å². The predicted molar refractivity (Wildman–Crippen MR) is 138 cm³/mol. The molecule has 0 saturated carbocycles. The molecular weight excluding hydrogens is 512 g/mol. The van der Waals surface area contributed by atoms with Gasteiger partial charge in [0, 0.05) is 17.8 Å². The van der Waals surface area contributed by atoms with Gasteiger partial charge in [-0.15, -0.1) is 0 Å². The molecule has 0 spiro atoms. The molecule has 0 aliphatic heterocycles. The number of carbonyl (C=O) groups excluding carboxylic acids is 1. The first-order valence-corrected chi connectivity index (χ1v) is 13.1. The maximum atomic E-state index is 14.0. The molecule has 0 bridgehead atoms. The maximum Gasteiger partial charge on any atom is 0.329 e. The highest BCUT2D eigenvalue weighted by Gasteiger charge is 2.25. The normalized spacial score (nSPS) is 12.1. The molecule has 0 aliphatic rings. The Balaban J connectivity index is 1.72. The van der Waals surface area contributed by atoms with Crippen molar-refractivity contribution in [1.29, 1.82) is 0 Å². The Morgan fingerprint density at radius 2 is 1.68 bits per heavy atom. The zero-order valence-corrected chi connectivity index (χ0v) is 21.2. The lowest BCUT2D eigenvalue weighted by Crippen LogP contribution is -2.42. The number of benzene rings is 3. The van der Waals surface area contributed by atoms with Gasteiger partial charge in [-0.2, -0.15) is 0 Å². The average molecular weight is 538 g/mol. The number of sulfonamides is 1. The van der Waals surface area contributed by atoms with Crippen molar-refractivity contribution in [3.8, 4) is 11.1 Å². The maximum absolute atomic E-state index is 14.0. The molecule has 4 rings (SSSR count). The first kappa shape index (κ1) is 26.9. The monoisotopic (exact) mass is 537 g/mol. The van der Waals surface area contributed by atoms with Crippen LogP contribution in [0.15, 0.2) is 90.0 Å². The second kappa shape index (κ2) is 11.5. The number of aliphatic hydroxyl groups excluding tert-OH is 1. The number of urea groups is 1. The number of nitrogens with zero attached hydrogens (tertiary/aromatic N) is 1. The third-order valence-electron chi connectivity index (χ3n) is 5.87. The van der Waals surface area contributed by atoms with Gasteiger partial charge in [-0.25, -0.2) is 26.7 Å². The van der Waals surface area contributed by atoms with E-state index in [0.29, 0.717) is 27.9 Å². The van der Waals surface area contributed by atoms with E-state index < -0.39 is 33.7 Å². The highest BCUT2D eigenvalue weighted by molar-refractivity contribution is 7.90. The molecule has 0 aliphatic carbocycles. The Morgan fingerprint density at radius 1 is 0.947 bits per heavy atom. The highest BCUT2D eigenvalue weighted by atomic mass is 32.2. The molecule has 4 aromatic rings. The summed E-state index contributed by atoms with van der Waals surface area (Å²) in [7, 11) is -4.21. The van der Waals surface area contributed by atoms with Crippen LogP contribution in [-0.4, -0.2) is 24.5 Å². The number of hydrogen-bond donors (Lipinski definition) is 3. The number of pyridine rings is 1. The largest absolute Gasteiger partial charge is 0.392 e. The van der Waals surface area contributed by atoms with Crippen LogP contribution in [0.5, 0.6) is 0 Å². The topological polar surface area (TPSA) is 108 Å². The van der Waals surface area contributed by atoms with Crippen LogP contribution in [0.2, 0.25) is 0 Å². The van der Waals surface area contributed by atoms with Crippen LogP contribution in [0.3, 0.4) is 0 Å². The summed E-state index contributed by atoms with van der Waals surface area (Å²) in [5.74, 6) is -1.58. The van der Waals surface area contributed by atoms with Crippen LogP contribution in [0.1, 0.15) is 28.4 Å². The Bertz CT molecular complexity index is 1560. The fourth-order valence-electron chi connectivity index (χ4n) is 4.18. The number of carbonyl (C=O) groups is 1. The van der Waals surface area contributed by atoms with E-state index >= 15 is 0 Å². The number of amides is 2. The van der Waals surface area contributed by atoms with Crippen LogP contribution in [-0.2, 0) is 23.1 Å². The van der Waals surface area contributed by atoms with E-state index in [1.807, 2.05) is 4.72 Å². The highest BCUT2D eigenvalue weighted by Crippen LogP contribution is 2.30. The summed E-state index contributed by atoms with van der Waals surface area (Å²) in [5, 5.41) is 12.2. The van der Waals surface area contributed by atoms with E-state index in [1.54, 1.807) is 61.5 Å². The lowest BCUT2D eigenvalue weighted by atomic mass is 9.95. The summed E-state index contributed by atoms with van der Waals surface area (Å²) in [6.07, 6.45) is 1.41. The summed E-state index contributed by atoms with van der Waals surface area (Å²) >= 11 is 0. The van der Waals surface area contributed by atoms with Crippen molar-refractivity contribution in [3.05, 3.63) is 119 Å². The molecule has 1 heterocycles. The molecule has 3 N–H and O–H groups in total. The minimum Gasteiger partial charge on any atom is -0.392 e. The molecule has 2 amide bonds. The first-order valence-electron chi connectivity index (χ1n) is 11.7. The third-order valence-corrected chi connectivity index (χ3v) is 7.36. The first-order chi connectivity index (χ1) is 18.2. The lowest BCUT2D eigenvalue weighted by Gasteiger charge is -2.22. The Labute approximate surface area is 219 Å². The van der Waals surface area contributed by atoms with Crippen LogP contribution in [0.4, 0.5) is 13.6 Å². The van der Waals surface area contributed by atoms with Crippen LogP contribution < -0.4 is 10.0 Å². The lowest BCUT2D eigenvalue weighted by molar-refractivity contribution is 0.241. The number of halogens is 2.